The van der Waals surface area contributed by atoms with Gasteiger partial charge in [0.15, 0.2) is 0 Å². The number of hydrogen-bond acceptors (Lipinski definition) is 3. The van der Waals surface area contributed by atoms with Crippen LogP contribution in [0.3, 0.4) is 0 Å². The lowest BCUT2D eigenvalue weighted by atomic mass is 9.99. The van der Waals surface area contributed by atoms with Crippen LogP contribution in [0.5, 0.6) is 0 Å². The van der Waals surface area contributed by atoms with E-state index in [-0.39, 0.29) is 23.1 Å². The molecule has 0 atom stereocenters. The predicted octanol–water partition coefficient (Wildman–Crippen LogP) is 4.77. The van der Waals surface area contributed by atoms with Crippen molar-refractivity contribution >= 4 is 33.2 Å². The maximum Gasteiger partial charge on any atom is 0.245 e. The highest BCUT2D eigenvalue weighted by molar-refractivity contribution is 7.89. The average Bonchev–Trinajstić information content (AvgIpc) is 2.69. The zero-order valence-electron chi connectivity index (χ0n) is 14.9. The molecule has 0 aliphatic heterocycles. The first-order valence-electron chi connectivity index (χ1n) is 8.63. The van der Waals surface area contributed by atoms with Crippen molar-refractivity contribution in [3.05, 3.63) is 100 Å². The summed E-state index contributed by atoms with van der Waals surface area (Å²) in [5, 5.41) is 10.0. The maximum atomic E-state index is 13.5. The molecule has 0 saturated carbocycles. The van der Waals surface area contributed by atoms with Gasteiger partial charge in [0.05, 0.1) is 17.7 Å². The van der Waals surface area contributed by atoms with Crippen LogP contribution in [0, 0.1) is 0 Å². The Balaban J connectivity index is 2.19. The number of aliphatic hydroxyl groups excluding tert-OH is 1. The quantitative estimate of drug-likeness (QED) is 0.581. The van der Waals surface area contributed by atoms with Crippen LogP contribution in [0.1, 0.15) is 17.2 Å². The zero-order chi connectivity index (χ0) is 20.1. The lowest BCUT2D eigenvalue weighted by Gasteiger charge is -2.31. The maximum absolute atomic E-state index is 13.5. The zero-order valence-corrected chi connectivity index (χ0v) is 17.2. The summed E-state index contributed by atoms with van der Waals surface area (Å²) in [7, 11) is -4.02. The molecule has 3 aromatic carbocycles. The highest BCUT2D eigenvalue weighted by atomic mass is 35.5. The number of rotatable bonds is 7. The molecule has 7 heteroatoms. The van der Waals surface area contributed by atoms with Crippen LogP contribution in [0.15, 0.2) is 83.8 Å². The minimum Gasteiger partial charge on any atom is -0.395 e. The lowest BCUT2D eigenvalue weighted by Crippen LogP contribution is -2.37. The third-order valence-corrected chi connectivity index (χ3v) is 6.90. The molecule has 3 aromatic rings. The highest BCUT2D eigenvalue weighted by Gasteiger charge is 2.34. The Hall–Kier alpha value is -1.89. The van der Waals surface area contributed by atoms with Crippen molar-refractivity contribution in [1.82, 2.24) is 4.31 Å². The molecule has 0 radical (unpaired) electrons. The Morgan fingerprint density at radius 2 is 1.39 bits per heavy atom. The molecule has 0 unspecified atom stereocenters. The minimum atomic E-state index is -4.02. The van der Waals surface area contributed by atoms with Crippen molar-refractivity contribution in [3.8, 4) is 0 Å². The van der Waals surface area contributed by atoms with Crippen molar-refractivity contribution in [2.45, 2.75) is 10.9 Å². The number of benzene rings is 3. The molecule has 3 rings (SSSR count). The minimum absolute atomic E-state index is 0.0373. The molecule has 1 N–H and O–H groups in total. The van der Waals surface area contributed by atoms with Gasteiger partial charge in [-0.1, -0.05) is 83.9 Å². The van der Waals surface area contributed by atoms with E-state index < -0.39 is 16.1 Å². The van der Waals surface area contributed by atoms with Crippen molar-refractivity contribution in [2.24, 2.45) is 0 Å². The van der Waals surface area contributed by atoms with E-state index in [1.165, 1.54) is 22.5 Å². The van der Waals surface area contributed by atoms with Crippen molar-refractivity contribution in [2.75, 3.05) is 13.2 Å². The largest absolute Gasteiger partial charge is 0.395 e. The van der Waals surface area contributed by atoms with Gasteiger partial charge in [0.25, 0.3) is 0 Å². The van der Waals surface area contributed by atoms with Gasteiger partial charge in [0, 0.05) is 11.6 Å². The highest BCUT2D eigenvalue weighted by Crippen LogP contribution is 2.35. The van der Waals surface area contributed by atoms with Crippen molar-refractivity contribution in [1.29, 1.82) is 0 Å². The Morgan fingerprint density at radius 3 is 1.86 bits per heavy atom. The summed E-state index contributed by atoms with van der Waals surface area (Å²) >= 11 is 12.1. The van der Waals surface area contributed by atoms with Crippen LogP contribution >= 0.6 is 23.2 Å². The van der Waals surface area contributed by atoms with Crippen LogP contribution in [0.2, 0.25) is 10.0 Å². The second kappa shape index (κ2) is 9.07. The van der Waals surface area contributed by atoms with Crippen molar-refractivity contribution < 1.29 is 13.5 Å². The number of nitrogens with zero attached hydrogens (tertiary/aromatic N) is 1. The number of sulfonamides is 1. The Labute approximate surface area is 175 Å². The summed E-state index contributed by atoms with van der Waals surface area (Å²) < 4.78 is 28.3. The summed E-state index contributed by atoms with van der Waals surface area (Å²) in [5.74, 6) is 0. The molecule has 0 aliphatic rings. The van der Waals surface area contributed by atoms with Gasteiger partial charge in [-0.15, -0.1) is 0 Å². The molecule has 0 spiro atoms. The fourth-order valence-corrected chi connectivity index (χ4v) is 5.43. The molecule has 0 saturated heterocycles. The Bertz CT molecular complexity index is 989. The monoisotopic (exact) mass is 435 g/mol. The molecule has 0 heterocycles. The third-order valence-electron chi connectivity index (χ3n) is 4.32. The molecule has 0 amide bonds. The number of hydrogen-bond donors (Lipinski definition) is 1. The molecule has 28 heavy (non-hydrogen) atoms. The molecule has 0 fully saturated rings. The molecular formula is C21H19Cl2NO3S. The van der Waals surface area contributed by atoms with Crippen LogP contribution in [0.25, 0.3) is 0 Å². The second-order valence-electron chi connectivity index (χ2n) is 6.14. The van der Waals surface area contributed by atoms with Crippen LogP contribution < -0.4 is 0 Å². The van der Waals surface area contributed by atoms with Gasteiger partial charge in [0.2, 0.25) is 10.0 Å². The van der Waals surface area contributed by atoms with E-state index in [9.17, 15) is 13.5 Å². The van der Waals surface area contributed by atoms with Gasteiger partial charge in [-0.25, -0.2) is 8.42 Å². The SMILES string of the molecule is O=S(=O)(c1ccc(Cl)cc1Cl)N(CCO)C(c1ccccc1)c1ccccc1. The van der Waals surface area contributed by atoms with Gasteiger partial charge in [-0.05, 0) is 29.3 Å². The lowest BCUT2D eigenvalue weighted by molar-refractivity contribution is 0.238. The topological polar surface area (TPSA) is 57.6 Å². The van der Waals surface area contributed by atoms with Crippen LogP contribution in [-0.2, 0) is 10.0 Å². The number of halogens is 2. The molecule has 0 aliphatic carbocycles. The fourth-order valence-electron chi connectivity index (χ4n) is 3.09. The van der Waals surface area contributed by atoms with Gasteiger partial charge in [-0.3, -0.25) is 0 Å². The van der Waals surface area contributed by atoms with E-state index in [2.05, 4.69) is 0 Å². The van der Waals surface area contributed by atoms with Crippen LogP contribution in [0.4, 0.5) is 0 Å². The summed E-state index contributed by atoms with van der Waals surface area (Å²) in [5.41, 5.74) is 1.58. The summed E-state index contributed by atoms with van der Waals surface area (Å²) in [4.78, 5) is -0.0520. The van der Waals surface area contributed by atoms with Crippen LogP contribution in [-0.4, -0.2) is 31.0 Å². The molecule has 0 bridgehead atoms. The van der Waals surface area contributed by atoms with Gasteiger partial charge >= 0.3 is 0 Å². The standard InChI is InChI=1S/C21H19Cl2NO3S/c22-18-11-12-20(19(23)15-18)28(26,27)24(13-14-25)21(16-7-3-1-4-8-16)17-9-5-2-6-10-17/h1-12,15,21,25H,13-14H2. The average molecular weight is 436 g/mol. The molecular weight excluding hydrogens is 417 g/mol. The van der Waals surface area contributed by atoms with E-state index in [0.717, 1.165) is 11.1 Å². The van der Waals surface area contributed by atoms with E-state index in [1.807, 2.05) is 60.7 Å². The number of aliphatic hydroxyl groups is 1. The second-order valence-corrected chi connectivity index (χ2v) is 8.84. The van der Waals surface area contributed by atoms with Gasteiger partial charge in [-0.2, -0.15) is 4.31 Å². The fraction of sp³-hybridized carbons (Fsp3) is 0.143. The molecule has 4 nitrogen and oxygen atoms in total. The smallest absolute Gasteiger partial charge is 0.245 e. The first-order valence-corrected chi connectivity index (χ1v) is 10.8. The van der Waals surface area contributed by atoms with E-state index in [0.29, 0.717) is 5.02 Å². The predicted molar refractivity (Wildman–Crippen MR) is 112 cm³/mol. The van der Waals surface area contributed by atoms with Gasteiger partial charge < -0.3 is 5.11 Å². The Morgan fingerprint density at radius 1 is 0.857 bits per heavy atom. The summed E-state index contributed by atoms with van der Waals surface area (Å²) in [6, 6.07) is 22.2. The third kappa shape index (κ3) is 4.40. The van der Waals surface area contributed by atoms with E-state index in [4.69, 9.17) is 23.2 Å². The first kappa shape index (κ1) is 20.8. The summed E-state index contributed by atoms with van der Waals surface area (Å²) in [6.07, 6.45) is 0. The van der Waals surface area contributed by atoms with Gasteiger partial charge in [0.1, 0.15) is 4.90 Å². The van der Waals surface area contributed by atoms with Crippen molar-refractivity contribution in [3.63, 3.8) is 0 Å². The normalized spacial score (nSPS) is 11.9. The Kier molecular flexibility index (Phi) is 6.75. The summed E-state index contributed by atoms with van der Waals surface area (Å²) in [6.45, 7) is -0.420. The first-order chi connectivity index (χ1) is 13.4. The van der Waals surface area contributed by atoms with E-state index >= 15 is 0 Å². The van der Waals surface area contributed by atoms with E-state index in [1.54, 1.807) is 0 Å². The molecule has 0 aromatic heterocycles. The molecule has 146 valence electrons.